The number of hydrogen-bond acceptors (Lipinski definition) is 3. The van der Waals surface area contributed by atoms with Crippen LogP contribution >= 0.6 is 23.4 Å². The van der Waals surface area contributed by atoms with Gasteiger partial charge in [-0.05, 0) is 48.2 Å². The van der Waals surface area contributed by atoms with Crippen molar-refractivity contribution in [2.45, 2.75) is 4.90 Å². The van der Waals surface area contributed by atoms with Crippen LogP contribution in [0, 0.1) is 11.6 Å². The van der Waals surface area contributed by atoms with E-state index in [1.807, 2.05) is 5.32 Å². The van der Waals surface area contributed by atoms with Crippen LogP contribution in [0.15, 0.2) is 47.4 Å². The molecule has 21 heavy (non-hydrogen) atoms. The lowest BCUT2D eigenvalue weighted by Crippen LogP contribution is -2.28. The van der Waals surface area contributed by atoms with Gasteiger partial charge in [0.25, 0.3) is 11.1 Å². The molecule has 0 aliphatic heterocycles. The summed E-state index contributed by atoms with van der Waals surface area (Å²) in [6, 6.07) is 9.34. The van der Waals surface area contributed by atoms with Crippen LogP contribution in [-0.2, 0) is 0 Å². The van der Waals surface area contributed by atoms with Crippen LogP contribution in [0.25, 0.3) is 0 Å². The lowest BCUT2D eigenvalue weighted by Gasteiger charge is -2.05. The summed E-state index contributed by atoms with van der Waals surface area (Å²) in [5.41, 5.74) is -0.789. The highest BCUT2D eigenvalue weighted by atomic mass is 35.5. The van der Waals surface area contributed by atoms with Crippen LogP contribution in [0.1, 0.15) is 10.4 Å². The molecule has 0 spiro atoms. The van der Waals surface area contributed by atoms with Gasteiger partial charge in [0.15, 0.2) is 0 Å². The first-order valence-corrected chi connectivity index (χ1v) is 6.89. The average Bonchev–Trinajstić information content (AvgIpc) is 2.41. The van der Waals surface area contributed by atoms with Crippen LogP contribution in [0.4, 0.5) is 13.6 Å². The summed E-state index contributed by atoms with van der Waals surface area (Å²) in [5.74, 6) is -3.19. The SMILES string of the molecule is O=C(NC(=O)c1c(F)cccc1F)Sc1ccc(Cl)cc1. The topological polar surface area (TPSA) is 46.2 Å². The Labute approximate surface area is 128 Å². The standard InChI is InChI=1S/C14H8ClF2NO2S/c15-8-4-6-9(7-5-8)21-14(20)18-13(19)12-10(16)2-1-3-11(12)17/h1-7H,(H,18,19,20). The Balaban J connectivity index is 2.06. The Kier molecular flexibility index (Phi) is 4.93. The summed E-state index contributed by atoms with van der Waals surface area (Å²) in [5, 5.41) is 1.67. The molecule has 2 aromatic carbocycles. The number of carbonyl (C=O) groups is 2. The van der Waals surface area contributed by atoms with E-state index in [4.69, 9.17) is 11.6 Å². The van der Waals surface area contributed by atoms with Crippen molar-refractivity contribution in [1.82, 2.24) is 5.32 Å². The van der Waals surface area contributed by atoms with Crippen molar-refractivity contribution in [2.75, 3.05) is 0 Å². The maximum Gasteiger partial charge on any atom is 0.290 e. The molecule has 0 saturated heterocycles. The van der Waals surface area contributed by atoms with E-state index in [0.717, 1.165) is 18.2 Å². The number of nitrogens with one attached hydrogen (secondary N) is 1. The maximum absolute atomic E-state index is 13.4. The molecule has 0 aliphatic carbocycles. The van der Waals surface area contributed by atoms with E-state index in [2.05, 4.69) is 0 Å². The number of halogens is 3. The molecule has 0 heterocycles. The molecule has 2 aromatic rings. The fraction of sp³-hybridized carbons (Fsp3) is 0. The predicted molar refractivity (Wildman–Crippen MR) is 76.5 cm³/mol. The summed E-state index contributed by atoms with van der Waals surface area (Å²) in [6.45, 7) is 0. The Hall–Kier alpha value is -1.92. The molecule has 108 valence electrons. The lowest BCUT2D eigenvalue weighted by molar-refractivity contribution is 0.0961. The molecular weight excluding hydrogens is 320 g/mol. The molecule has 0 aliphatic rings. The number of rotatable bonds is 2. The van der Waals surface area contributed by atoms with E-state index in [9.17, 15) is 18.4 Å². The van der Waals surface area contributed by atoms with E-state index in [0.29, 0.717) is 21.7 Å². The zero-order valence-electron chi connectivity index (χ0n) is 10.4. The molecule has 1 N–H and O–H groups in total. The molecule has 7 heteroatoms. The summed E-state index contributed by atoms with van der Waals surface area (Å²) in [4.78, 5) is 23.9. The number of imide groups is 1. The van der Waals surface area contributed by atoms with Gasteiger partial charge in [0, 0.05) is 9.92 Å². The molecule has 0 unspecified atom stereocenters. The molecule has 3 nitrogen and oxygen atoms in total. The molecule has 0 aromatic heterocycles. The fourth-order valence-electron chi connectivity index (χ4n) is 1.51. The number of amides is 2. The van der Waals surface area contributed by atoms with Crippen LogP contribution in [-0.4, -0.2) is 11.1 Å². The summed E-state index contributed by atoms with van der Waals surface area (Å²) in [6.07, 6.45) is 0. The molecule has 2 rings (SSSR count). The van der Waals surface area contributed by atoms with E-state index in [-0.39, 0.29) is 0 Å². The third kappa shape index (κ3) is 4.03. The van der Waals surface area contributed by atoms with Gasteiger partial charge in [-0.2, -0.15) is 0 Å². The van der Waals surface area contributed by atoms with Gasteiger partial charge in [-0.25, -0.2) is 8.78 Å². The van der Waals surface area contributed by atoms with Gasteiger partial charge in [-0.15, -0.1) is 0 Å². The first kappa shape index (κ1) is 15.5. The molecule has 0 fully saturated rings. The highest BCUT2D eigenvalue weighted by Gasteiger charge is 2.19. The van der Waals surface area contributed by atoms with E-state index < -0.39 is 28.3 Å². The summed E-state index contributed by atoms with van der Waals surface area (Å²) in [7, 11) is 0. The van der Waals surface area contributed by atoms with Crippen molar-refractivity contribution in [3.63, 3.8) is 0 Å². The minimum absolute atomic E-state index is 0.504. The highest BCUT2D eigenvalue weighted by Crippen LogP contribution is 2.21. The largest absolute Gasteiger partial charge is 0.290 e. The van der Waals surface area contributed by atoms with Crippen molar-refractivity contribution in [3.05, 3.63) is 64.7 Å². The zero-order valence-corrected chi connectivity index (χ0v) is 12.0. The summed E-state index contributed by atoms with van der Waals surface area (Å²) < 4.78 is 26.8. The molecular formula is C14H8ClF2NO2S. The minimum atomic E-state index is -1.13. The number of carbonyl (C=O) groups excluding carboxylic acids is 2. The molecule has 0 radical (unpaired) electrons. The Bertz CT molecular complexity index is 672. The fourth-order valence-corrected chi connectivity index (χ4v) is 2.26. The number of thioether (sulfide) groups is 1. The van der Waals surface area contributed by atoms with Gasteiger partial charge in [-0.1, -0.05) is 17.7 Å². The molecule has 0 bridgehead atoms. The number of benzene rings is 2. The van der Waals surface area contributed by atoms with Crippen molar-refractivity contribution in [1.29, 1.82) is 0 Å². The van der Waals surface area contributed by atoms with Gasteiger partial charge in [0.05, 0.1) is 0 Å². The minimum Gasteiger partial charge on any atom is -0.283 e. The third-order valence-corrected chi connectivity index (χ3v) is 3.48. The molecule has 0 saturated carbocycles. The van der Waals surface area contributed by atoms with Crippen molar-refractivity contribution < 1.29 is 18.4 Å². The van der Waals surface area contributed by atoms with Gasteiger partial charge in [0.2, 0.25) is 0 Å². The smallest absolute Gasteiger partial charge is 0.283 e. The third-order valence-electron chi connectivity index (χ3n) is 2.43. The zero-order chi connectivity index (χ0) is 15.4. The van der Waals surface area contributed by atoms with Gasteiger partial charge in [-0.3, -0.25) is 14.9 Å². The highest BCUT2D eigenvalue weighted by molar-refractivity contribution is 8.13. The Morgan fingerprint density at radius 2 is 1.57 bits per heavy atom. The first-order chi connectivity index (χ1) is 9.97. The van der Waals surface area contributed by atoms with Gasteiger partial charge >= 0.3 is 0 Å². The van der Waals surface area contributed by atoms with Crippen molar-refractivity contribution in [2.24, 2.45) is 0 Å². The quantitative estimate of drug-likeness (QED) is 0.838. The van der Waals surface area contributed by atoms with Crippen LogP contribution in [0.2, 0.25) is 5.02 Å². The van der Waals surface area contributed by atoms with Gasteiger partial charge < -0.3 is 0 Å². The Morgan fingerprint density at radius 1 is 1.00 bits per heavy atom. The molecule has 2 amide bonds. The van der Waals surface area contributed by atoms with E-state index in [1.165, 1.54) is 0 Å². The second-order valence-electron chi connectivity index (χ2n) is 3.89. The van der Waals surface area contributed by atoms with Gasteiger partial charge in [0.1, 0.15) is 17.2 Å². The monoisotopic (exact) mass is 327 g/mol. The van der Waals surface area contributed by atoms with E-state index in [1.54, 1.807) is 24.3 Å². The van der Waals surface area contributed by atoms with Crippen LogP contribution in [0.5, 0.6) is 0 Å². The average molecular weight is 328 g/mol. The van der Waals surface area contributed by atoms with E-state index >= 15 is 0 Å². The lowest BCUT2D eigenvalue weighted by atomic mass is 10.2. The maximum atomic E-state index is 13.4. The second-order valence-corrected chi connectivity index (χ2v) is 5.38. The van der Waals surface area contributed by atoms with Crippen LogP contribution in [0.3, 0.4) is 0 Å². The second kappa shape index (κ2) is 6.69. The summed E-state index contributed by atoms with van der Waals surface area (Å²) >= 11 is 6.41. The Morgan fingerprint density at radius 3 is 2.14 bits per heavy atom. The molecule has 0 atom stereocenters. The van der Waals surface area contributed by atoms with Crippen molar-refractivity contribution in [3.8, 4) is 0 Å². The normalized spacial score (nSPS) is 10.2. The van der Waals surface area contributed by atoms with Crippen LogP contribution < -0.4 is 5.32 Å². The first-order valence-electron chi connectivity index (χ1n) is 5.70. The van der Waals surface area contributed by atoms with Crippen molar-refractivity contribution >= 4 is 34.5 Å². The predicted octanol–water partition coefficient (Wildman–Crippen LogP) is 4.26. The number of hydrogen-bond donors (Lipinski definition) is 1.